The number of alkyl halides is 3. The van der Waals surface area contributed by atoms with E-state index >= 15 is 0 Å². The molecule has 1 N–H and O–H groups in total. The topological polar surface area (TPSA) is 88.8 Å². The van der Waals surface area contributed by atoms with Gasteiger partial charge < -0.3 is 10.2 Å². The summed E-state index contributed by atoms with van der Waals surface area (Å²) in [5.41, 5.74) is -0.109. The number of rotatable bonds is 4. The Morgan fingerprint density at radius 3 is 2.64 bits per heavy atom. The Kier molecular flexibility index (Phi) is 5.02. The highest BCUT2D eigenvalue weighted by atomic mass is 19.4. The number of halogens is 4. The molecular weight excluding hydrogens is 442 g/mol. The molecule has 33 heavy (non-hydrogen) atoms. The van der Waals surface area contributed by atoms with Crippen molar-refractivity contribution < 1.29 is 22.4 Å². The normalized spacial score (nSPS) is 22.1. The molecule has 2 saturated heterocycles. The van der Waals surface area contributed by atoms with E-state index in [-0.39, 0.29) is 29.9 Å². The van der Waals surface area contributed by atoms with E-state index in [4.69, 9.17) is 0 Å². The molecule has 0 radical (unpaired) electrons. The molecule has 5 heterocycles. The number of nitrogens with zero attached hydrogens (tertiary/aromatic N) is 6. The minimum Gasteiger partial charge on any atom is -0.363 e. The van der Waals surface area contributed by atoms with Gasteiger partial charge in [-0.05, 0) is 44.4 Å². The van der Waals surface area contributed by atoms with Crippen LogP contribution < -0.4 is 5.32 Å². The molecule has 0 spiro atoms. The zero-order valence-corrected chi connectivity index (χ0v) is 17.4. The first-order valence-corrected chi connectivity index (χ1v) is 10.4. The molecule has 3 unspecified atom stereocenters. The van der Waals surface area contributed by atoms with E-state index in [1.807, 2.05) is 0 Å². The van der Waals surface area contributed by atoms with Gasteiger partial charge in [-0.3, -0.25) is 4.79 Å². The summed E-state index contributed by atoms with van der Waals surface area (Å²) in [4.78, 5) is 24.6. The van der Waals surface area contributed by atoms with Crippen LogP contribution in [0.5, 0.6) is 0 Å². The van der Waals surface area contributed by atoms with Gasteiger partial charge in [0.2, 0.25) is 0 Å². The second-order valence-electron chi connectivity index (χ2n) is 8.19. The quantitative estimate of drug-likeness (QED) is 0.600. The van der Waals surface area contributed by atoms with Crippen molar-refractivity contribution in [2.45, 2.75) is 50.5 Å². The van der Waals surface area contributed by atoms with Crippen LogP contribution in [0, 0.1) is 12.7 Å². The molecule has 3 aromatic rings. The zero-order chi connectivity index (χ0) is 23.3. The summed E-state index contributed by atoms with van der Waals surface area (Å²) < 4.78 is 52.7. The number of fused-ring (bicyclic) bond motifs is 2. The van der Waals surface area contributed by atoms with Crippen LogP contribution in [0.4, 0.5) is 23.4 Å². The van der Waals surface area contributed by atoms with E-state index in [0.29, 0.717) is 42.2 Å². The molecule has 172 valence electrons. The van der Waals surface area contributed by atoms with Crippen LogP contribution in [0.15, 0.2) is 36.8 Å². The number of hydrogen-bond acceptors (Lipinski definition) is 6. The monoisotopic (exact) mass is 461 g/mol. The molecular formula is C21H19F4N7O. The van der Waals surface area contributed by atoms with Crippen molar-refractivity contribution in [1.29, 1.82) is 0 Å². The maximum absolute atomic E-state index is 14.3. The third-order valence-corrected chi connectivity index (χ3v) is 6.11. The van der Waals surface area contributed by atoms with E-state index < -0.39 is 17.6 Å². The number of aryl methyl sites for hydroxylation is 1. The van der Waals surface area contributed by atoms with Gasteiger partial charge in [-0.15, -0.1) is 4.80 Å². The minimum atomic E-state index is -4.68. The summed E-state index contributed by atoms with van der Waals surface area (Å²) in [5.74, 6) is -1.27. The highest BCUT2D eigenvalue weighted by Crippen LogP contribution is 2.41. The maximum atomic E-state index is 14.3. The molecule has 0 aliphatic carbocycles. The molecule has 1 amide bonds. The lowest BCUT2D eigenvalue weighted by atomic mass is 9.95. The van der Waals surface area contributed by atoms with E-state index in [9.17, 15) is 22.4 Å². The molecule has 5 rings (SSSR count). The lowest BCUT2D eigenvalue weighted by molar-refractivity contribution is -0.138. The van der Waals surface area contributed by atoms with Gasteiger partial charge in [-0.25, -0.2) is 14.4 Å². The maximum Gasteiger partial charge on any atom is 0.417 e. The number of aromatic nitrogens is 5. The van der Waals surface area contributed by atoms with Crippen LogP contribution >= 0.6 is 0 Å². The second kappa shape index (κ2) is 7.78. The SMILES string of the molecule is Cc1ccc(C(=O)N2C3CCC2C(Nc2ncc(C(F)(F)F)cc2F)C3)c(-n2nccn2)n1. The predicted molar refractivity (Wildman–Crippen MR) is 108 cm³/mol. The van der Waals surface area contributed by atoms with Gasteiger partial charge in [-0.2, -0.15) is 23.4 Å². The minimum absolute atomic E-state index is 0.0859. The number of amides is 1. The molecule has 12 heteroatoms. The van der Waals surface area contributed by atoms with E-state index in [1.54, 1.807) is 24.0 Å². The summed E-state index contributed by atoms with van der Waals surface area (Å²) in [6, 6.07) is 3.15. The van der Waals surface area contributed by atoms with Crippen molar-refractivity contribution in [1.82, 2.24) is 29.9 Å². The number of pyridine rings is 2. The van der Waals surface area contributed by atoms with Gasteiger partial charge >= 0.3 is 6.18 Å². The molecule has 0 aromatic carbocycles. The Bertz CT molecular complexity index is 1200. The van der Waals surface area contributed by atoms with E-state index in [2.05, 4.69) is 25.5 Å². The van der Waals surface area contributed by atoms with Crippen LogP contribution in [0.3, 0.4) is 0 Å². The first-order valence-electron chi connectivity index (χ1n) is 10.4. The van der Waals surface area contributed by atoms with Gasteiger partial charge in [0.05, 0.1) is 35.6 Å². The summed E-state index contributed by atoms with van der Waals surface area (Å²) >= 11 is 0. The standard InChI is InChI=1S/C21H19F4N7O/c1-11-2-4-14(19(29-11)32-27-6-7-28-32)20(33)31-13-3-5-17(31)16(9-13)30-18-15(22)8-12(10-26-18)21(23,24)25/h2,4,6-8,10,13,16-17H,3,5,9H2,1H3,(H,26,30). The van der Waals surface area contributed by atoms with Crippen LogP contribution in [0.25, 0.3) is 5.82 Å². The molecule has 2 bridgehead atoms. The second-order valence-corrected chi connectivity index (χ2v) is 8.19. The van der Waals surface area contributed by atoms with Crippen LogP contribution in [-0.4, -0.2) is 53.9 Å². The third kappa shape index (κ3) is 3.79. The van der Waals surface area contributed by atoms with Crippen molar-refractivity contribution in [2.24, 2.45) is 0 Å². The van der Waals surface area contributed by atoms with Gasteiger partial charge in [-0.1, -0.05) is 0 Å². The largest absolute Gasteiger partial charge is 0.417 e. The predicted octanol–water partition coefficient (Wildman–Crippen LogP) is 3.38. The first kappa shape index (κ1) is 21.3. The number of hydrogen-bond donors (Lipinski definition) is 1. The van der Waals surface area contributed by atoms with Gasteiger partial charge in [0.15, 0.2) is 17.5 Å². The first-order chi connectivity index (χ1) is 15.7. The fourth-order valence-electron chi connectivity index (χ4n) is 4.66. The molecule has 3 aromatic heterocycles. The van der Waals surface area contributed by atoms with Crippen molar-refractivity contribution in [2.75, 3.05) is 5.32 Å². The summed E-state index contributed by atoms with van der Waals surface area (Å²) in [6.45, 7) is 1.80. The lowest BCUT2D eigenvalue weighted by Gasteiger charge is -2.26. The number of nitrogens with one attached hydrogen (secondary N) is 1. The molecule has 0 saturated carbocycles. The smallest absolute Gasteiger partial charge is 0.363 e. The van der Waals surface area contributed by atoms with E-state index in [1.165, 1.54) is 17.2 Å². The van der Waals surface area contributed by atoms with Crippen LogP contribution in [-0.2, 0) is 6.18 Å². The summed E-state index contributed by atoms with van der Waals surface area (Å²) in [7, 11) is 0. The number of carbonyl (C=O) groups excluding carboxylic acids is 1. The van der Waals surface area contributed by atoms with E-state index in [0.717, 1.165) is 6.42 Å². The molecule has 8 nitrogen and oxygen atoms in total. The summed E-state index contributed by atoms with van der Waals surface area (Å²) in [5, 5.41) is 11.1. The van der Waals surface area contributed by atoms with Gasteiger partial charge in [0, 0.05) is 17.9 Å². The van der Waals surface area contributed by atoms with Crippen LogP contribution in [0.2, 0.25) is 0 Å². The highest BCUT2D eigenvalue weighted by molar-refractivity contribution is 5.98. The average Bonchev–Trinajstić information content (AvgIpc) is 3.50. The number of anilines is 1. The lowest BCUT2D eigenvalue weighted by Crippen LogP contribution is -2.40. The Hall–Kier alpha value is -3.57. The third-order valence-electron chi connectivity index (χ3n) is 6.11. The zero-order valence-electron chi connectivity index (χ0n) is 17.4. The van der Waals surface area contributed by atoms with Crippen molar-refractivity contribution in [3.8, 4) is 5.82 Å². The average molecular weight is 461 g/mol. The Labute approximate surface area is 185 Å². The Balaban J connectivity index is 1.39. The van der Waals surface area contributed by atoms with Gasteiger partial charge in [0.1, 0.15) is 0 Å². The Morgan fingerprint density at radius 1 is 1.18 bits per heavy atom. The molecule has 2 aliphatic rings. The van der Waals surface area contributed by atoms with Gasteiger partial charge in [0.25, 0.3) is 5.91 Å². The number of carbonyl (C=O) groups is 1. The molecule has 2 aliphatic heterocycles. The highest BCUT2D eigenvalue weighted by Gasteiger charge is 2.49. The molecule has 2 fully saturated rings. The fourth-order valence-corrected chi connectivity index (χ4v) is 4.66. The summed E-state index contributed by atoms with van der Waals surface area (Å²) in [6.07, 6.45) is 0.908. The van der Waals surface area contributed by atoms with Crippen LogP contribution in [0.1, 0.15) is 40.9 Å². The van der Waals surface area contributed by atoms with Crippen molar-refractivity contribution >= 4 is 11.7 Å². The van der Waals surface area contributed by atoms with Crippen molar-refractivity contribution in [3.05, 3.63) is 59.4 Å². The molecule has 3 atom stereocenters. The fraction of sp³-hybridized carbons (Fsp3) is 0.381. The Morgan fingerprint density at radius 2 is 1.94 bits per heavy atom. The van der Waals surface area contributed by atoms with Crippen molar-refractivity contribution in [3.63, 3.8) is 0 Å².